The fourth-order valence-electron chi connectivity index (χ4n) is 4.47. The number of aromatic nitrogens is 1. The lowest BCUT2D eigenvalue weighted by Crippen LogP contribution is -2.37. The van der Waals surface area contributed by atoms with E-state index >= 15 is 0 Å². The Labute approximate surface area is 183 Å². The molecule has 1 saturated carbocycles. The predicted octanol–water partition coefficient (Wildman–Crippen LogP) is 3.84. The quantitative estimate of drug-likeness (QED) is 0.462. The molecule has 0 N–H and O–H groups in total. The number of hydrogen-bond donors (Lipinski definition) is 0. The first kappa shape index (κ1) is 23.1. The Hall–Kier alpha value is -2.54. The number of carbonyl (C=O) groups excluding carboxylic acids is 2. The van der Waals surface area contributed by atoms with Gasteiger partial charge in [0.15, 0.2) is 0 Å². The lowest BCUT2D eigenvalue weighted by Gasteiger charge is -2.32. The minimum atomic E-state index is -0.693. The molecule has 1 aliphatic heterocycles. The summed E-state index contributed by atoms with van der Waals surface area (Å²) in [7, 11) is 1.55. The van der Waals surface area contributed by atoms with Crippen molar-refractivity contribution in [3.8, 4) is 0 Å². The lowest BCUT2D eigenvalue weighted by molar-refractivity contribution is -0.148. The van der Waals surface area contributed by atoms with Crippen molar-refractivity contribution >= 4 is 17.7 Å². The zero-order chi connectivity index (χ0) is 22.2. The number of pyridine rings is 1. The molecular weight excluding hydrogens is 396 g/mol. The summed E-state index contributed by atoms with van der Waals surface area (Å²) in [6.45, 7) is 4.42. The van der Waals surface area contributed by atoms with Crippen LogP contribution < -0.4 is 0 Å². The number of esters is 2. The van der Waals surface area contributed by atoms with E-state index in [1.165, 1.54) is 19.3 Å². The summed E-state index contributed by atoms with van der Waals surface area (Å²) >= 11 is 0. The maximum atomic E-state index is 13.3. The molecule has 0 amide bonds. The Bertz CT molecular complexity index is 828. The molecule has 7 heteroatoms. The zero-order valence-corrected chi connectivity index (χ0v) is 18.6. The fraction of sp³-hybridized carbons (Fsp3) is 0.583. The Balaban J connectivity index is 1.86. The average molecular weight is 429 g/mol. The molecule has 2 atom stereocenters. The van der Waals surface area contributed by atoms with Gasteiger partial charge in [0.1, 0.15) is 12.5 Å². The number of allylic oxidation sites excluding steroid dienone is 1. The van der Waals surface area contributed by atoms with E-state index in [4.69, 9.17) is 14.2 Å². The standard InChI is InChI=1S/C24H32N2O5/c1-16-20(23(27)30-13-12-29-3)22(19-10-7-11-25-14-19)21(17(2)26-16)24(28)31-15-18-8-5-4-6-9-18/h7,10-11,14,18,21-22H,4-6,8-9,12-13,15H2,1-3H3. The summed E-state index contributed by atoms with van der Waals surface area (Å²) < 4.78 is 16.1. The molecule has 3 rings (SSSR count). The first-order valence-electron chi connectivity index (χ1n) is 11.0. The number of nitrogens with zero attached hydrogens (tertiary/aromatic N) is 2. The number of hydrogen-bond acceptors (Lipinski definition) is 7. The SMILES string of the molecule is COCCOC(=O)C1=C(C)N=C(C)C(C(=O)OCC2CCCCC2)C1c1cccnc1. The highest BCUT2D eigenvalue weighted by molar-refractivity contribution is 6.07. The van der Waals surface area contributed by atoms with Crippen molar-refractivity contribution in [2.75, 3.05) is 26.9 Å². The van der Waals surface area contributed by atoms with Gasteiger partial charge in [-0.1, -0.05) is 25.3 Å². The maximum Gasteiger partial charge on any atom is 0.336 e. The third kappa shape index (κ3) is 5.79. The van der Waals surface area contributed by atoms with Crippen molar-refractivity contribution in [2.45, 2.75) is 51.9 Å². The fourth-order valence-corrected chi connectivity index (χ4v) is 4.47. The molecule has 0 radical (unpaired) electrons. The van der Waals surface area contributed by atoms with Gasteiger partial charge in [-0.15, -0.1) is 0 Å². The lowest BCUT2D eigenvalue weighted by atomic mass is 9.76. The van der Waals surface area contributed by atoms with Crippen molar-refractivity contribution in [1.82, 2.24) is 4.98 Å². The average Bonchev–Trinajstić information content (AvgIpc) is 2.78. The van der Waals surface area contributed by atoms with E-state index in [2.05, 4.69) is 9.98 Å². The van der Waals surface area contributed by atoms with Crippen LogP contribution in [0.2, 0.25) is 0 Å². The minimum Gasteiger partial charge on any atom is -0.465 e. The van der Waals surface area contributed by atoms with Gasteiger partial charge in [-0.05, 0) is 44.2 Å². The number of aliphatic imine (C=N–C) groups is 1. The van der Waals surface area contributed by atoms with Crippen LogP contribution in [0.3, 0.4) is 0 Å². The van der Waals surface area contributed by atoms with Crippen molar-refractivity contribution in [2.24, 2.45) is 16.8 Å². The van der Waals surface area contributed by atoms with E-state index in [1.54, 1.807) is 32.5 Å². The molecule has 168 valence electrons. The zero-order valence-electron chi connectivity index (χ0n) is 18.6. The number of ether oxygens (including phenoxy) is 3. The summed E-state index contributed by atoms with van der Waals surface area (Å²) in [4.78, 5) is 35.0. The second kappa shape index (κ2) is 11.2. The largest absolute Gasteiger partial charge is 0.465 e. The van der Waals surface area contributed by atoms with Crippen molar-refractivity contribution < 1.29 is 23.8 Å². The topological polar surface area (TPSA) is 87.1 Å². The molecule has 0 saturated heterocycles. The second-order valence-corrected chi connectivity index (χ2v) is 8.26. The van der Waals surface area contributed by atoms with Crippen LogP contribution in [-0.4, -0.2) is 49.6 Å². The Morgan fingerprint density at radius 2 is 1.87 bits per heavy atom. The summed E-state index contributed by atoms with van der Waals surface area (Å²) in [5.41, 5.74) is 2.31. The third-order valence-corrected chi connectivity index (χ3v) is 6.05. The van der Waals surface area contributed by atoms with E-state index < -0.39 is 17.8 Å². The normalized spacial score (nSPS) is 22.1. The Kier molecular flexibility index (Phi) is 8.35. The molecule has 0 spiro atoms. The molecule has 31 heavy (non-hydrogen) atoms. The highest BCUT2D eigenvalue weighted by atomic mass is 16.6. The summed E-state index contributed by atoms with van der Waals surface area (Å²) in [5.74, 6) is -1.69. The summed E-state index contributed by atoms with van der Waals surface area (Å²) in [6, 6.07) is 3.66. The van der Waals surface area contributed by atoms with Gasteiger partial charge in [-0.25, -0.2) is 4.79 Å². The van der Waals surface area contributed by atoms with Crippen LogP contribution in [0.25, 0.3) is 0 Å². The molecule has 2 heterocycles. The molecule has 1 aliphatic carbocycles. The van der Waals surface area contributed by atoms with Crippen molar-refractivity contribution in [1.29, 1.82) is 0 Å². The van der Waals surface area contributed by atoms with Gasteiger partial charge in [0.25, 0.3) is 0 Å². The maximum absolute atomic E-state index is 13.3. The third-order valence-electron chi connectivity index (χ3n) is 6.05. The van der Waals surface area contributed by atoms with Crippen LogP contribution in [0.1, 0.15) is 57.4 Å². The second-order valence-electron chi connectivity index (χ2n) is 8.26. The number of methoxy groups -OCH3 is 1. The van der Waals surface area contributed by atoms with E-state index in [1.807, 2.05) is 13.0 Å². The first-order chi connectivity index (χ1) is 15.0. The first-order valence-corrected chi connectivity index (χ1v) is 11.0. The molecule has 0 aromatic carbocycles. The minimum absolute atomic E-state index is 0.130. The van der Waals surface area contributed by atoms with E-state index in [9.17, 15) is 9.59 Å². The Morgan fingerprint density at radius 1 is 1.10 bits per heavy atom. The van der Waals surface area contributed by atoms with Crippen LogP contribution in [0, 0.1) is 11.8 Å². The van der Waals surface area contributed by atoms with Gasteiger partial charge in [0.2, 0.25) is 0 Å². The van der Waals surface area contributed by atoms with Crippen LogP contribution in [0.15, 0.2) is 40.8 Å². The van der Waals surface area contributed by atoms with Gasteiger partial charge >= 0.3 is 11.9 Å². The van der Waals surface area contributed by atoms with Crippen LogP contribution in [0.4, 0.5) is 0 Å². The molecule has 2 aliphatic rings. The van der Waals surface area contributed by atoms with E-state index in [-0.39, 0.29) is 12.6 Å². The molecule has 1 fully saturated rings. The van der Waals surface area contributed by atoms with Crippen molar-refractivity contribution in [3.05, 3.63) is 41.4 Å². The highest BCUT2D eigenvalue weighted by Gasteiger charge is 2.42. The number of rotatable bonds is 8. The van der Waals surface area contributed by atoms with Gasteiger partial charge in [0, 0.05) is 36.8 Å². The summed E-state index contributed by atoms with van der Waals surface area (Å²) in [5, 5.41) is 0. The van der Waals surface area contributed by atoms with E-state index in [0.717, 1.165) is 18.4 Å². The number of carbonyl (C=O) groups is 2. The van der Waals surface area contributed by atoms with Crippen LogP contribution in [0.5, 0.6) is 0 Å². The van der Waals surface area contributed by atoms with Gasteiger partial charge in [-0.2, -0.15) is 0 Å². The smallest absolute Gasteiger partial charge is 0.336 e. The van der Waals surface area contributed by atoms with E-state index in [0.29, 0.717) is 36.1 Å². The van der Waals surface area contributed by atoms with Crippen molar-refractivity contribution in [3.63, 3.8) is 0 Å². The predicted molar refractivity (Wildman–Crippen MR) is 117 cm³/mol. The molecule has 0 bridgehead atoms. The summed E-state index contributed by atoms with van der Waals surface area (Å²) in [6.07, 6.45) is 9.14. The highest BCUT2D eigenvalue weighted by Crippen LogP contribution is 2.40. The molecular formula is C24H32N2O5. The molecule has 2 unspecified atom stereocenters. The van der Waals surface area contributed by atoms with Gasteiger partial charge < -0.3 is 14.2 Å². The monoisotopic (exact) mass is 428 g/mol. The van der Waals surface area contributed by atoms with Gasteiger partial charge in [-0.3, -0.25) is 14.8 Å². The Morgan fingerprint density at radius 3 is 2.55 bits per heavy atom. The molecule has 1 aromatic heterocycles. The van der Waals surface area contributed by atoms with Crippen LogP contribution >= 0.6 is 0 Å². The van der Waals surface area contributed by atoms with Gasteiger partial charge in [0.05, 0.1) is 18.8 Å². The molecule has 7 nitrogen and oxygen atoms in total. The molecule has 1 aromatic rings. The van der Waals surface area contributed by atoms with Crippen LogP contribution in [-0.2, 0) is 23.8 Å².